The Balaban J connectivity index is 1.52. The van der Waals surface area contributed by atoms with Crippen LogP contribution in [0.3, 0.4) is 0 Å². The summed E-state index contributed by atoms with van der Waals surface area (Å²) in [5.74, 6) is 2.71. The maximum absolute atomic E-state index is 13.7. The van der Waals surface area contributed by atoms with Crippen LogP contribution in [0.5, 0.6) is 0 Å². The molecule has 1 spiro atoms. The molecule has 0 aromatic rings. The van der Waals surface area contributed by atoms with E-state index in [1.165, 1.54) is 32.1 Å². The van der Waals surface area contributed by atoms with Crippen molar-refractivity contribution in [2.24, 2.45) is 52.3 Å². The van der Waals surface area contributed by atoms with E-state index in [0.29, 0.717) is 36.5 Å². The minimum absolute atomic E-state index is 0.169. The summed E-state index contributed by atoms with van der Waals surface area (Å²) in [5.41, 5.74) is -0.0694. The minimum Gasteiger partial charge on any atom is -0.221 e. The lowest BCUT2D eigenvalue weighted by Crippen LogP contribution is -2.72. The first-order valence-corrected chi connectivity index (χ1v) is 18.3. The van der Waals surface area contributed by atoms with Gasteiger partial charge in [0.2, 0.25) is 19.7 Å². The van der Waals surface area contributed by atoms with Crippen LogP contribution in [0.4, 0.5) is 0 Å². The van der Waals surface area contributed by atoms with Crippen molar-refractivity contribution in [2.75, 3.05) is 0 Å². The summed E-state index contributed by atoms with van der Waals surface area (Å²) in [6, 6.07) is 0. The van der Waals surface area contributed by atoms with Crippen LogP contribution in [0.1, 0.15) is 105 Å². The first kappa shape index (κ1) is 27.7. The predicted molar refractivity (Wildman–Crippen MR) is 151 cm³/mol. The molecule has 0 aromatic heterocycles. The molecule has 4 aliphatic carbocycles. The van der Waals surface area contributed by atoms with Gasteiger partial charge in [-0.3, -0.25) is 0 Å². The van der Waals surface area contributed by atoms with E-state index in [2.05, 4.69) is 57.1 Å². The van der Waals surface area contributed by atoms with E-state index in [-0.39, 0.29) is 27.5 Å². The zero-order chi connectivity index (χ0) is 26.5. The van der Waals surface area contributed by atoms with Crippen LogP contribution in [-0.4, -0.2) is 25.7 Å². The second-order valence-electron chi connectivity index (χ2n) is 14.2. The van der Waals surface area contributed by atoms with Crippen molar-refractivity contribution in [3.8, 4) is 0 Å². The third-order valence-corrected chi connectivity index (χ3v) is 19.7. The lowest BCUT2D eigenvalue weighted by molar-refractivity contribution is -0.117. The molecule has 36 heavy (non-hydrogen) atoms. The quantitative estimate of drug-likeness (QED) is 0.306. The Hall–Kier alpha value is 0.120. The zero-order valence-electron chi connectivity index (χ0n) is 22.9. The van der Waals surface area contributed by atoms with Crippen molar-refractivity contribution >= 4 is 35.6 Å². The van der Waals surface area contributed by atoms with Crippen LogP contribution >= 0.6 is 15.9 Å². The van der Waals surface area contributed by atoms with Gasteiger partial charge in [0.05, 0.1) is 0 Å². The Morgan fingerprint density at radius 1 is 0.917 bits per heavy atom. The summed E-state index contributed by atoms with van der Waals surface area (Å²) in [5, 5.41) is 0. The number of sulfone groups is 2. The molecule has 0 unspecified atom stereocenters. The Bertz CT molecular complexity index is 1090. The van der Waals surface area contributed by atoms with Gasteiger partial charge in [-0.15, -0.1) is 0 Å². The molecule has 0 N–H and O–H groups in total. The van der Waals surface area contributed by atoms with Gasteiger partial charge in [0.1, 0.15) is 0 Å². The first-order chi connectivity index (χ1) is 16.6. The fourth-order valence-electron chi connectivity index (χ4n) is 10.5. The fraction of sp³-hybridized carbons (Fsp3) is 0.931. The zero-order valence-corrected chi connectivity index (χ0v) is 26.2. The number of fused-ring (bicyclic) bond motifs is 6. The molecule has 1 aliphatic heterocycles. The smallest absolute Gasteiger partial charge is 0.209 e. The molecule has 1 saturated heterocycles. The van der Waals surface area contributed by atoms with Crippen molar-refractivity contribution in [1.29, 1.82) is 0 Å². The van der Waals surface area contributed by atoms with Gasteiger partial charge in [0.15, 0.2) is 8.32 Å². The first-order valence-electron chi connectivity index (χ1n) is 14.5. The highest BCUT2D eigenvalue weighted by atomic mass is 79.9. The average Bonchev–Trinajstić information content (AvgIpc) is 3.15. The van der Waals surface area contributed by atoms with Gasteiger partial charge in [0.25, 0.3) is 0 Å². The van der Waals surface area contributed by atoms with Gasteiger partial charge < -0.3 is 0 Å². The van der Waals surface area contributed by atoms with Crippen molar-refractivity contribution in [2.45, 2.75) is 114 Å². The summed E-state index contributed by atoms with van der Waals surface area (Å²) in [7, 11) is -7.83. The van der Waals surface area contributed by atoms with Crippen LogP contribution in [0.2, 0.25) is 0 Å². The van der Waals surface area contributed by atoms with Gasteiger partial charge in [-0.25, -0.2) is 16.8 Å². The van der Waals surface area contributed by atoms with Crippen LogP contribution < -0.4 is 0 Å². The number of halogens is 1. The lowest BCUT2D eigenvalue weighted by atomic mass is 9.44. The Morgan fingerprint density at radius 3 is 2.17 bits per heavy atom. The summed E-state index contributed by atoms with van der Waals surface area (Å²) in [6.07, 6.45) is 11.3. The van der Waals surface area contributed by atoms with Gasteiger partial charge in [-0.1, -0.05) is 76.4 Å². The van der Waals surface area contributed by atoms with Crippen LogP contribution in [0.15, 0.2) is 10.8 Å². The molecule has 1 heterocycles. The maximum Gasteiger partial charge on any atom is 0.209 e. The third kappa shape index (κ3) is 3.45. The van der Waals surface area contributed by atoms with Crippen molar-refractivity contribution in [3.05, 3.63) is 10.8 Å². The highest BCUT2D eigenvalue weighted by molar-refractivity contribution is 9.09. The second kappa shape index (κ2) is 8.81. The lowest BCUT2D eigenvalue weighted by Gasteiger charge is -2.67. The maximum atomic E-state index is 13.7. The van der Waals surface area contributed by atoms with E-state index in [9.17, 15) is 16.8 Å². The van der Waals surface area contributed by atoms with Gasteiger partial charge in [-0.05, 0) is 97.7 Å². The van der Waals surface area contributed by atoms with Crippen molar-refractivity contribution in [1.82, 2.24) is 0 Å². The Morgan fingerprint density at radius 2 is 1.53 bits per heavy atom. The topological polar surface area (TPSA) is 68.3 Å². The fourth-order valence-corrected chi connectivity index (χ4v) is 17.4. The largest absolute Gasteiger partial charge is 0.221 e. The number of hydrogen-bond acceptors (Lipinski definition) is 4. The molecule has 5 rings (SSSR count). The molecule has 0 aromatic carbocycles. The normalized spacial score (nSPS) is 47.0. The molecule has 5 fully saturated rings. The van der Waals surface area contributed by atoms with Crippen LogP contribution in [0.25, 0.3) is 0 Å². The Labute approximate surface area is 228 Å². The van der Waals surface area contributed by atoms with E-state index in [1.807, 2.05) is 0 Å². The van der Waals surface area contributed by atoms with E-state index >= 15 is 0 Å². The third-order valence-electron chi connectivity index (χ3n) is 12.3. The van der Waals surface area contributed by atoms with E-state index in [1.54, 1.807) is 0 Å². The monoisotopic (exact) mass is 602 g/mol. The Kier molecular flexibility index (Phi) is 6.77. The second-order valence-corrected chi connectivity index (χ2v) is 20.5. The minimum atomic E-state index is -3.92. The molecule has 0 radical (unpaired) electrons. The van der Waals surface area contributed by atoms with Crippen LogP contribution in [0, 0.1) is 52.3 Å². The van der Waals surface area contributed by atoms with E-state index in [0.717, 1.165) is 31.6 Å². The average molecular weight is 604 g/mol. The molecule has 7 heteroatoms. The molecule has 5 aliphatic rings. The van der Waals surface area contributed by atoms with Gasteiger partial charge >= 0.3 is 0 Å². The summed E-state index contributed by atoms with van der Waals surface area (Å²) < 4.78 is 52.8. The summed E-state index contributed by atoms with van der Waals surface area (Å²) in [6.45, 7) is 15.3. The highest BCUT2D eigenvalue weighted by Gasteiger charge is 2.79. The highest BCUT2D eigenvalue weighted by Crippen LogP contribution is 2.74. The predicted octanol–water partition coefficient (Wildman–Crippen LogP) is 7.49. The van der Waals surface area contributed by atoms with Gasteiger partial charge in [0, 0.05) is 10.7 Å². The number of hydrogen-bond donors (Lipinski definition) is 0. The molecule has 0 amide bonds. The molecule has 9 atom stereocenters. The molecule has 206 valence electrons. The summed E-state index contributed by atoms with van der Waals surface area (Å²) >= 11 is 3.75. The molecule has 0 bridgehead atoms. The summed E-state index contributed by atoms with van der Waals surface area (Å²) in [4.78, 5) is 0.180. The van der Waals surface area contributed by atoms with E-state index < -0.39 is 28.0 Å². The van der Waals surface area contributed by atoms with Crippen LogP contribution in [-0.2, 0) is 19.7 Å². The molecule has 4 nitrogen and oxygen atoms in total. The van der Waals surface area contributed by atoms with Crippen molar-refractivity contribution < 1.29 is 16.8 Å². The molecular weight excluding hydrogens is 556 g/mol. The van der Waals surface area contributed by atoms with Gasteiger partial charge in [-0.2, -0.15) is 0 Å². The number of rotatable bonds is 5. The number of alkyl halides is 1. The molecule has 4 saturated carbocycles. The molecular formula is C29H47BrO4S2. The standard InChI is InChI=1S/C29H47BrO4S2/c1-18(2)8-7-9-19(3)23-10-11-24-22-17-29(35(31,32)20(4)36(29,33)34)26-16-21(30)12-14-28(26,6)25(22)13-15-27(23,24)5/h18-19,21-26H,4,7-17H2,1-3,5-6H3/t19-,21+,22+,23-,24+,25+,26+,27-,28-/m1/s1. The van der Waals surface area contributed by atoms with E-state index in [4.69, 9.17) is 0 Å². The SMILES string of the molecule is C=C1S(=O)(=O)C2(C[C@@H]3[C@H](CC[C@]4(C)[C@@H]([C@H](C)CCCC(C)C)CC[C@@H]34)[C@@]3(C)CC[C@H](Br)C[C@H]23)S1(=O)=O. The van der Waals surface area contributed by atoms with Crippen molar-refractivity contribution in [3.63, 3.8) is 0 Å².